The van der Waals surface area contributed by atoms with Crippen LogP contribution in [0.15, 0.2) is 24.3 Å². The van der Waals surface area contributed by atoms with Crippen LogP contribution in [-0.4, -0.2) is 37.6 Å². The number of carboxylic acids is 1. The number of hydrogen-bond donors (Lipinski definition) is 2. The second-order valence-corrected chi connectivity index (χ2v) is 5.21. The third-order valence-electron chi connectivity index (χ3n) is 3.52. The van der Waals surface area contributed by atoms with Gasteiger partial charge in [-0.1, -0.05) is 6.07 Å². The molecule has 1 fully saturated rings. The number of anilines is 1. The standard InChI is InChI=1S/C14H18N2O3/c1-16(2)11-5-3-4-10(8-11)12(17)15-9-14(6-7-14)13(18)19/h3-5,8H,6-7,9H2,1-2H3,(H,15,17)(H,18,19). The van der Waals surface area contributed by atoms with E-state index in [1.54, 1.807) is 12.1 Å². The first-order chi connectivity index (χ1) is 8.94. The van der Waals surface area contributed by atoms with Crippen molar-refractivity contribution in [2.24, 2.45) is 5.41 Å². The molecule has 0 unspecified atom stereocenters. The Labute approximate surface area is 112 Å². The second-order valence-electron chi connectivity index (χ2n) is 5.21. The lowest BCUT2D eigenvalue weighted by Crippen LogP contribution is -2.34. The van der Waals surface area contributed by atoms with E-state index in [1.165, 1.54) is 0 Å². The molecule has 102 valence electrons. The maximum Gasteiger partial charge on any atom is 0.311 e. The fourth-order valence-corrected chi connectivity index (χ4v) is 1.89. The van der Waals surface area contributed by atoms with Crippen molar-refractivity contribution >= 4 is 17.6 Å². The lowest BCUT2D eigenvalue weighted by Gasteiger charge is -2.14. The van der Waals surface area contributed by atoms with Crippen molar-refractivity contribution in [2.45, 2.75) is 12.8 Å². The smallest absolute Gasteiger partial charge is 0.311 e. The second kappa shape index (κ2) is 4.91. The van der Waals surface area contributed by atoms with Crippen LogP contribution in [0.3, 0.4) is 0 Å². The molecule has 1 aliphatic carbocycles. The zero-order chi connectivity index (χ0) is 14.0. The monoisotopic (exact) mass is 262 g/mol. The van der Waals surface area contributed by atoms with Gasteiger partial charge in [0, 0.05) is 31.9 Å². The van der Waals surface area contributed by atoms with Gasteiger partial charge in [-0.15, -0.1) is 0 Å². The molecule has 0 atom stereocenters. The number of nitrogens with one attached hydrogen (secondary N) is 1. The number of carbonyl (C=O) groups is 2. The Bertz CT molecular complexity index is 507. The number of rotatable bonds is 5. The SMILES string of the molecule is CN(C)c1cccc(C(=O)NCC2(C(=O)O)CC2)c1. The van der Waals surface area contributed by atoms with Crippen molar-refractivity contribution in [2.75, 3.05) is 25.5 Å². The van der Waals surface area contributed by atoms with Gasteiger partial charge in [-0.3, -0.25) is 9.59 Å². The molecular formula is C14H18N2O3. The van der Waals surface area contributed by atoms with Gasteiger partial charge in [0.2, 0.25) is 0 Å². The summed E-state index contributed by atoms with van der Waals surface area (Å²) < 4.78 is 0. The highest BCUT2D eigenvalue weighted by Crippen LogP contribution is 2.45. The molecule has 5 heteroatoms. The van der Waals surface area contributed by atoms with Crippen LogP contribution in [0, 0.1) is 5.41 Å². The van der Waals surface area contributed by atoms with Crippen molar-refractivity contribution in [1.29, 1.82) is 0 Å². The van der Waals surface area contributed by atoms with E-state index in [0.29, 0.717) is 18.4 Å². The summed E-state index contributed by atoms with van der Waals surface area (Å²) in [6, 6.07) is 7.24. The van der Waals surface area contributed by atoms with Crippen LogP contribution in [0.25, 0.3) is 0 Å². The highest BCUT2D eigenvalue weighted by molar-refractivity contribution is 5.95. The number of benzene rings is 1. The van der Waals surface area contributed by atoms with Crippen LogP contribution in [0.5, 0.6) is 0 Å². The van der Waals surface area contributed by atoms with Crippen LogP contribution < -0.4 is 10.2 Å². The first-order valence-corrected chi connectivity index (χ1v) is 6.24. The van der Waals surface area contributed by atoms with Crippen LogP contribution in [-0.2, 0) is 4.79 Å². The number of carboxylic acid groups (broad SMARTS) is 1. The molecule has 0 aromatic heterocycles. The van der Waals surface area contributed by atoms with E-state index < -0.39 is 11.4 Å². The van der Waals surface area contributed by atoms with E-state index in [-0.39, 0.29) is 12.5 Å². The van der Waals surface area contributed by atoms with Gasteiger partial charge in [-0.05, 0) is 31.0 Å². The zero-order valence-corrected chi connectivity index (χ0v) is 11.1. The zero-order valence-electron chi connectivity index (χ0n) is 11.1. The minimum absolute atomic E-state index is 0.202. The van der Waals surface area contributed by atoms with Crippen LogP contribution in [0.1, 0.15) is 23.2 Å². The molecule has 2 N–H and O–H groups in total. The molecule has 0 aliphatic heterocycles. The van der Waals surface area contributed by atoms with Gasteiger partial charge in [0.25, 0.3) is 5.91 Å². The predicted molar refractivity (Wildman–Crippen MR) is 72.4 cm³/mol. The largest absolute Gasteiger partial charge is 0.481 e. The minimum Gasteiger partial charge on any atom is -0.481 e. The van der Waals surface area contributed by atoms with Gasteiger partial charge in [0.15, 0.2) is 0 Å². The summed E-state index contributed by atoms with van der Waals surface area (Å²) in [5.74, 6) is -1.05. The number of aliphatic carboxylic acids is 1. The molecule has 0 saturated heterocycles. The van der Waals surface area contributed by atoms with Crippen molar-refractivity contribution in [3.63, 3.8) is 0 Å². The number of hydrogen-bond acceptors (Lipinski definition) is 3. The third-order valence-corrected chi connectivity index (χ3v) is 3.52. The Morgan fingerprint density at radius 1 is 1.37 bits per heavy atom. The van der Waals surface area contributed by atoms with Crippen LogP contribution in [0.4, 0.5) is 5.69 Å². The molecule has 0 radical (unpaired) electrons. The number of nitrogens with zero attached hydrogens (tertiary/aromatic N) is 1. The molecule has 0 heterocycles. The van der Waals surface area contributed by atoms with Crippen LogP contribution in [0.2, 0.25) is 0 Å². The van der Waals surface area contributed by atoms with Crippen LogP contribution >= 0.6 is 0 Å². The van der Waals surface area contributed by atoms with Gasteiger partial charge in [0.05, 0.1) is 5.41 Å². The number of amides is 1. The fraction of sp³-hybridized carbons (Fsp3) is 0.429. The highest BCUT2D eigenvalue weighted by atomic mass is 16.4. The van der Waals surface area contributed by atoms with Gasteiger partial charge in [-0.2, -0.15) is 0 Å². The quantitative estimate of drug-likeness (QED) is 0.840. The normalized spacial score (nSPS) is 15.7. The molecule has 19 heavy (non-hydrogen) atoms. The predicted octanol–water partition coefficient (Wildman–Crippen LogP) is 1.35. The van der Waals surface area contributed by atoms with E-state index in [0.717, 1.165) is 5.69 Å². The lowest BCUT2D eigenvalue weighted by molar-refractivity contribution is -0.143. The average Bonchev–Trinajstić information content (AvgIpc) is 3.17. The first-order valence-electron chi connectivity index (χ1n) is 6.24. The molecule has 1 amide bonds. The molecule has 1 saturated carbocycles. The summed E-state index contributed by atoms with van der Waals surface area (Å²) in [4.78, 5) is 24.9. The van der Waals surface area contributed by atoms with Gasteiger partial charge in [-0.25, -0.2) is 0 Å². The van der Waals surface area contributed by atoms with Gasteiger partial charge >= 0.3 is 5.97 Å². The summed E-state index contributed by atoms with van der Waals surface area (Å²) in [7, 11) is 3.81. The minimum atomic E-state index is -0.824. The summed E-state index contributed by atoms with van der Waals surface area (Å²) in [6.07, 6.45) is 1.28. The van der Waals surface area contributed by atoms with Crippen molar-refractivity contribution in [1.82, 2.24) is 5.32 Å². The topological polar surface area (TPSA) is 69.6 Å². The summed E-state index contributed by atoms with van der Waals surface area (Å²) in [6.45, 7) is 0.202. The van der Waals surface area contributed by atoms with E-state index in [2.05, 4.69) is 5.32 Å². The van der Waals surface area contributed by atoms with Gasteiger partial charge in [0.1, 0.15) is 0 Å². The Morgan fingerprint density at radius 2 is 2.05 bits per heavy atom. The summed E-state index contributed by atoms with van der Waals surface area (Å²) >= 11 is 0. The highest BCUT2D eigenvalue weighted by Gasteiger charge is 2.50. The Balaban J connectivity index is 2.00. The average molecular weight is 262 g/mol. The molecular weight excluding hydrogens is 244 g/mol. The molecule has 0 spiro atoms. The maximum atomic E-state index is 12.0. The first kappa shape index (κ1) is 13.4. The summed E-state index contributed by atoms with van der Waals surface area (Å²) in [5, 5.41) is 11.8. The molecule has 1 aliphatic rings. The Hall–Kier alpha value is -2.04. The Morgan fingerprint density at radius 3 is 2.58 bits per heavy atom. The summed E-state index contributed by atoms with van der Waals surface area (Å²) in [5.41, 5.74) is 0.758. The van der Waals surface area contributed by atoms with Crippen molar-refractivity contribution < 1.29 is 14.7 Å². The van der Waals surface area contributed by atoms with E-state index in [9.17, 15) is 9.59 Å². The fourth-order valence-electron chi connectivity index (χ4n) is 1.89. The molecule has 0 bridgehead atoms. The van der Waals surface area contributed by atoms with Crippen molar-refractivity contribution in [3.8, 4) is 0 Å². The molecule has 1 aromatic rings. The lowest BCUT2D eigenvalue weighted by atomic mass is 10.1. The molecule has 5 nitrogen and oxygen atoms in total. The van der Waals surface area contributed by atoms with Crippen molar-refractivity contribution in [3.05, 3.63) is 29.8 Å². The Kier molecular flexibility index (Phi) is 3.46. The maximum absolute atomic E-state index is 12.0. The third kappa shape index (κ3) is 2.86. The molecule has 2 rings (SSSR count). The van der Waals surface area contributed by atoms with Gasteiger partial charge < -0.3 is 15.3 Å². The van der Waals surface area contributed by atoms with E-state index in [1.807, 2.05) is 31.1 Å². The van der Waals surface area contributed by atoms with E-state index in [4.69, 9.17) is 5.11 Å². The van der Waals surface area contributed by atoms with E-state index >= 15 is 0 Å². The molecule has 1 aromatic carbocycles. The number of carbonyl (C=O) groups excluding carboxylic acids is 1.